The molecule has 0 saturated carbocycles. The molecule has 0 amide bonds. The van der Waals surface area contributed by atoms with E-state index >= 15 is 0 Å². The van der Waals surface area contributed by atoms with E-state index in [9.17, 15) is 0 Å². The normalized spacial score (nSPS) is 22.7. The maximum atomic E-state index is 6.25. The summed E-state index contributed by atoms with van der Waals surface area (Å²) < 4.78 is 13.2. The van der Waals surface area contributed by atoms with Crippen LogP contribution in [-0.2, 0) is 9.47 Å². The van der Waals surface area contributed by atoms with E-state index in [-0.39, 0.29) is 18.4 Å². The van der Waals surface area contributed by atoms with Crippen molar-refractivity contribution in [3.8, 4) is 0 Å². The van der Waals surface area contributed by atoms with Crippen molar-refractivity contribution in [2.45, 2.75) is 32.3 Å². The SMILES string of the molecule is Cc1cc(Br)cc([C@@H](C)OC2OCCNC2c2ccccc2)c1. The Labute approximate surface area is 146 Å². The molecule has 2 unspecified atom stereocenters. The molecule has 1 N–H and O–H groups in total. The maximum absolute atomic E-state index is 6.25. The number of rotatable bonds is 4. The Bertz CT molecular complexity index is 627. The van der Waals surface area contributed by atoms with E-state index in [4.69, 9.17) is 9.47 Å². The van der Waals surface area contributed by atoms with Crippen LogP contribution in [0, 0.1) is 6.92 Å². The van der Waals surface area contributed by atoms with Crippen LogP contribution < -0.4 is 5.32 Å². The van der Waals surface area contributed by atoms with Crippen molar-refractivity contribution < 1.29 is 9.47 Å². The Morgan fingerprint density at radius 2 is 2.00 bits per heavy atom. The van der Waals surface area contributed by atoms with Gasteiger partial charge in [0.05, 0.1) is 18.8 Å². The molecule has 23 heavy (non-hydrogen) atoms. The molecular weight excluding hydrogens is 354 g/mol. The fraction of sp³-hybridized carbons (Fsp3) is 0.368. The molecule has 4 heteroatoms. The number of hydrogen-bond acceptors (Lipinski definition) is 3. The summed E-state index contributed by atoms with van der Waals surface area (Å²) in [5.74, 6) is 0. The van der Waals surface area contributed by atoms with Gasteiger partial charge in [0.1, 0.15) is 0 Å². The second kappa shape index (κ2) is 7.58. The Balaban J connectivity index is 1.76. The van der Waals surface area contributed by atoms with Gasteiger partial charge in [-0.25, -0.2) is 0 Å². The molecular formula is C19H22BrNO2. The van der Waals surface area contributed by atoms with Crippen molar-refractivity contribution in [3.05, 3.63) is 69.7 Å². The molecule has 1 aliphatic rings. The molecule has 1 aliphatic heterocycles. The average Bonchev–Trinajstić information content (AvgIpc) is 2.55. The van der Waals surface area contributed by atoms with Gasteiger partial charge in [0, 0.05) is 11.0 Å². The van der Waals surface area contributed by atoms with Crippen LogP contribution >= 0.6 is 15.9 Å². The number of morpholine rings is 1. The molecule has 2 aromatic carbocycles. The number of aryl methyl sites for hydroxylation is 1. The Hall–Kier alpha value is -1.20. The van der Waals surface area contributed by atoms with Crippen LogP contribution in [0.25, 0.3) is 0 Å². The molecule has 0 aromatic heterocycles. The quantitative estimate of drug-likeness (QED) is 0.851. The standard InChI is InChI=1S/C19H22BrNO2/c1-13-10-16(12-17(20)11-13)14(2)23-19-18(21-8-9-22-19)15-6-4-3-5-7-15/h3-7,10-12,14,18-19,21H,8-9H2,1-2H3/t14-,18?,19?/m1/s1. The lowest BCUT2D eigenvalue weighted by molar-refractivity contribution is -0.200. The topological polar surface area (TPSA) is 30.5 Å². The fourth-order valence-corrected chi connectivity index (χ4v) is 3.54. The van der Waals surface area contributed by atoms with E-state index in [1.54, 1.807) is 0 Å². The minimum Gasteiger partial charge on any atom is -0.349 e. The van der Waals surface area contributed by atoms with Gasteiger partial charge in [-0.3, -0.25) is 0 Å². The van der Waals surface area contributed by atoms with Gasteiger partial charge in [0.2, 0.25) is 0 Å². The van der Waals surface area contributed by atoms with E-state index in [0.29, 0.717) is 6.61 Å². The predicted octanol–water partition coefficient (Wildman–Crippen LogP) is 4.52. The van der Waals surface area contributed by atoms with Crippen LogP contribution in [-0.4, -0.2) is 19.4 Å². The van der Waals surface area contributed by atoms with Gasteiger partial charge in [-0.2, -0.15) is 0 Å². The predicted molar refractivity (Wildman–Crippen MR) is 95.3 cm³/mol. The summed E-state index contributed by atoms with van der Waals surface area (Å²) in [6, 6.07) is 16.7. The van der Waals surface area contributed by atoms with Crippen LogP contribution in [0.1, 0.15) is 35.8 Å². The van der Waals surface area contributed by atoms with E-state index < -0.39 is 0 Å². The lowest BCUT2D eigenvalue weighted by atomic mass is 10.0. The molecule has 1 fully saturated rings. The van der Waals surface area contributed by atoms with Gasteiger partial charge in [-0.15, -0.1) is 0 Å². The van der Waals surface area contributed by atoms with Gasteiger partial charge >= 0.3 is 0 Å². The van der Waals surface area contributed by atoms with Crippen LogP contribution in [0.4, 0.5) is 0 Å². The Morgan fingerprint density at radius 3 is 2.74 bits per heavy atom. The average molecular weight is 376 g/mol. The van der Waals surface area contributed by atoms with E-state index in [0.717, 1.165) is 16.6 Å². The highest BCUT2D eigenvalue weighted by Gasteiger charge is 2.29. The van der Waals surface area contributed by atoms with Crippen molar-refractivity contribution in [1.82, 2.24) is 5.32 Å². The lowest BCUT2D eigenvalue weighted by Gasteiger charge is -2.34. The second-order valence-electron chi connectivity index (χ2n) is 5.92. The minimum absolute atomic E-state index is 0.0395. The fourth-order valence-electron chi connectivity index (χ4n) is 2.91. The van der Waals surface area contributed by atoms with E-state index in [1.807, 2.05) is 18.2 Å². The first kappa shape index (κ1) is 16.7. The number of benzene rings is 2. The number of nitrogens with one attached hydrogen (secondary N) is 1. The molecule has 2 aromatic rings. The minimum atomic E-state index is -0.291. The lowest BCUT2D eigenvalue weighted by Crippen LogP contribution is -2.43. The van der Waals surface area contributed by atoms with Crippen LogP contribution in [0.5, 0.6) is 0 Å². The smallest absolute Gasteiger partial charge is 0.177 e. The second-order valence-corrected chi connectivity index (χ2v) is 6.84. The molecule has 3 nitrogen and oxygen atoms in total. The summed E-state index contributed by atoms with van der Waals surface area (Å²) >= 11 is 3.56. The molecule has 0 spiro atoms. The van der Waals surface area contributed by atoms with Crippen LogP contribution in [0.3, 0.4) is 0 Å². The van der Waals surface area contributed by atoms with Gasteiger partial charge in [0.15, 0.2) is 6.29 Å². The van der Waals surface area contributed by atoms with Gasteiger partial charge in [-0.1, -0.05) is 52.3 Å². The summed E-state index contributed by atoms with van der Waals surface area (Å²) in [5, 5.41) is 3.51. The van der Waals surface area contributed by atoms with Crippen molar-refractivity contribution in [2.24, 2.45) is 0 Å². The zero-order chi connectivity index (χ0) is 16.2. The number of halogens is 1. The third kappa shape index (κ3) is 4.21. The molecule has 3 atom stereocenters. The first-order valence-electron chi connectivity index (χ1n) is 7.96. The largest absolute Gasteiger partial charge is 0.349 e. The van der Waals surface area contributed by atoms with Crippen molar-refractivity contribution in [1.29, 1.82) is 0 Å². The molecule has 1 saturated heterocycles. The summed E-state index contributed by atoms with van der Waals surface area (Å²) in [5.41, 5.74) is 3.56. The van der Waals surface area contributed by atoms with Crippen LogP contribution in [0.2, 0.25) is 0 Å². The van der Waals surface area contributed by atoms with Crippen LogP contribution in [0.15, 0.2) is 53.0 Å². The highest BCUT2D eigenvalue weighted by atomic mass is 79.9. The Kier molecular flexibility index (Phi) is 5.49. The summed E-state index contributed by atoms with van der Waals surface area (Å²) in [6.07, 6.45) is -0.331. The van der Waals surface area contributed by atoms with E-state index in [1.165, 1.54) is 11.1 Å². The van der Waals surface area contributed by atoms with Crippen molar-refractivity contribution >= 4 is 15.9 Å². The maximum Gasteiger partial charge on any atom is 0.177 e. The van der Waals surface area contributed by atoms with Gasteiger partial charge in [0.25, 0.3) is 0 Å². The Morgan fingerprint density at radius 1 is 1.22 bits per heavy atom. The van der Waals surface area contributed by atoms with Gasteiger partial charge in [-0.05, 0) is 42.7 Å². The molecule has 0 aliphatic carbocycles. The van der Waals surface area contributed by atoms with Crippen molar-refractivity contribution in [3.63, 3.8) is 0 Å². The third-order valence-electron chi connectivity index (χ3n) is 4.05. The number of ether oxygens (including phenoxy) is 2. The first-order chi connectivity index (χ1) is 11.1. The zero-order valence-electron chi connectivity index (χ0n) is 13.5. The van der Waals surface area contributed by atoms with E-state index in [2.05, 4.69) is 65.4 Å². The van der Waals surface area contributed by atoms with Gasteiger partial charge < -0.3 is 14.8 Å². The highest BCUT2D eigenvalue weighted by Crippen LogP contribution is 2.29. The highest BCUT2D eigenvalue weighted by molar-refractivity contribution is 9.10. The zero-order valence-corrected chi connectivity index (χ0v) is 15.0. The first-order valence-corrected chi connectivity index (χ1v) is 8.75. The summed E-state index contributed by atoms with van der Waals surface area (Å²) in [6.45, 7) is 5.66. The molecule has 0 bridgehead atoms. The number of hydrogen-bond donors (Lipinski definition) is 1. The molecule has 3 rings (SSSR count). The monoisotopic (exact) mass is 375 g/mol. The molecule has 0 radical (unpaired) electrons. The molecule has 1 heterocycles. The van der Waals surface area contributed by atoms with Crippen molar-refractivity contribution in [2.75, 3.05) is 13.2 Å². The summed E-state index contributed by atoms with van der Waals surface area (Å²) in [4.78, 5) is 0. The summed E-state index contributed by atoms with van der Waals surface area (Å²) in [7, 11) is 0. The molecule has 122 valence electrons. The third-order valence-corrected chi connectivity index (χ3v) is 4.51.